The molecule has 1 aliphatic rings. The Balaban J connectivity index is 1.85. The third-order valence-electron chi connectivity index (χ3n) is 3.31. The molecule has 0 bridgehead atoms. The summed E-state index contributed by atoms with van der Waals surface area (Å²) in [6, 6.07) is 3.01. The van der Waals surface area contributed by atoms with Crippen LogP contribution in [-0.4, -0.2) is 62.6 Å². The highest BCUT2D eigenvalue weighted by Crippen LogP contribution is 2.15. The number of piperazine rings is 1. The van der Waals surface area contributed by atoms with Gasteiger partial charge in [-0.15, -0.1) is 0 Å². The van der Waals surface area contributed by atoms with Gasteiger partial charge >= 0.3 is 0 Å². The maximum Gasteiger partial charge on any atom is 0.260 e. The van der Waals surface area contributed by atoms with Crippen molar-refractivity contribution in [3.05, 3.63) is 29.8 Å². The highest BCUT2D eigenvalue weighted by molar-refractivity contribution is 7.88. The normalized spacial score (nSPS) is 16.6. The molecule has 9 heteroatoms. The van der Waals surface area contributed by atoms with E-state index < -0.39 is 21.7 Å². The lowest BCUT2D eigenvalue weighted by Gasteiger charge is -2.33. The molecule has 2 rings (SSSR count). The first-order chi connectivity index (χ1) is 10.3. The fraction of sp³-hybridized carbons (Fsp3) is 0.462. The number of amides is 1. The van der Waals surface area contributed by atoms with Gasteiger partial charge in [-0.2, -0.15) is 4.31 Å². The molecule has 0 saturated carbocycles. The summed E-state index contributed by atoms with van der Waals surface area (Å²) in [7, 11) is -3.25. The first-order valence-electron chi connectivity index (χ1n) is 6.58. The summed E-state index contributed by atoms with van der Waals surface area (Å²) < 4.78 is 54.9. The fourth-order valence-electron chi connectivity index (χ4n) is 2.07. The molecule has 1 amide bonds. The van der Waals surface area contributed by atoms with Crippen LogP contribution in [0.15, 0.2) is 18.2 Å². The van der Waals surface area contributed by atoms with E-state index in [-0.39, 0.29) is 44.4 Å². The summed E-state index contributed by atoms with van der Waals surface area (Å²) >= 11 is 0. The van der Waals surface area contributed by atoms with E-state index >= 15 is 0 Å². The van der Waals surface area contributed by atoms with Crippen LogP contribution < -0.4 is 4.74 Å². The molecule has 6 nitrogen and oxygen atoms in total. The second kappa shape index (κ2) is 6.57. The van der Waals surface area contributed by atoms with Crippen molar-refractivity contribution < 1.29 is 26.7 Å². The molecule has 1 aromatic rings. The minimum atomic E-state index is -3.25. The van der Waals surface area contributed by atoms with Crippen LogP contribution in [0.4, 0.5) is 8.78 Å². The zero-order valence-corrected chi connectivity index (χ0v) is 12.8. The van der Waals surface area contributed by atoms with E-state index in [0.717, 1.165) is 18.4 Å². The van der Waals surface area contributed by atoms with Crippen LogP contribution >= 0.6 is 0 Å². The summed E-state index contributed by atoms with van der Waals surface area (Å²) in [5.41, 5.74) is 0. The van der Waals surface area contributed by atoms with Crippen LogP contribution in [0, 0.1) is 11.6 Å². The molecule has 0 atom stereocenters. The minimum absolute atomic E-state index is 0.0574. The van der Waals surface area contributed by atoms with Gasteiger partial charge in [0.15, 0.2) is 18.2 Å². The molecule has 1 saturated heterocycles. The van der Waals surface area contributed by atoms with E-state index in [0.29, 0.717) is 0 Å². The lowest BCUT2D eigenvalue weighted by molar-refractivity contribution is -0.134. The SMILES string of the molecule is CS(=O)(=O)N1CCN(C(=O)COc2ccc(F)c(F)c2)CC1. The van der Waals surface area contributed by atoms with Gasteiger partial charge in [-0.1, -0.05) is 0 Å². The second-order valence-corrected chi connectivity index (χ2v) is 6.89. The number of rotatable bonds is 4. The predicted molar refractivity (Wildman–Crippen MR) is 74.8 cm³/mol. The molecule has 22 heavy (non-hydrogen) atoms. The van der Waals surface area contributed by atoms with E-state index in [1.807, 2.05) is 0 Å². The van der Waals surface area contributed by atoms with Crippen molar-refractivity contribution in [1.82, 2.24) is 9.21 Å². The maximum atomic E-state index is 13.0. The van der Waals surface area contributed by atoms with Crippen LogP contribution in [0.2, 0.25) is 0 Å². The van der Waals surface area contributed by atoms with E-state index in [1.165, 1.54) is 15.3 Å². The van der Waals surface area contributed by atoms with Gasteiger partial charge in [0.1, 0.15) is 5.75 Å². The number of carbonyl (C=O) groups is 1. The summed E-state index contributed by atoms with van der Waals surface area (Å²) in [5, 5.41) is 0. The van der Waals surface area contributed by atoms with E-state index in [9.17, 15) is 22.0 Å². The van der Waals surface area contributed by atoms with Crippen LogP contribution in [0.3, 0.4) is 0 Å². The van der Waals surface area contributed by atoms with E-state index in [4.69, 9.17) is 4.74 Å². The molecule has 0 aliphatic carbocycles. The number of ether oxygens (including phenoxy) is 1. The zero-order valence-electron chi connectivity index (χ0n) is 12.0. The molecule has 1 heterocycles. The average Bonchev–Trinajstić information content (AvgIpc) is 2.47. The van der Waals surface area contributed by atoms with E-state index in [1.54, 1.807) is 0 Å². The lowest BCUT2D eigenvalue weighted by atomic mass is 10.3. The third-order valence-corrected chi connectivity index (χ3v) is 4.62. The number of hydrogen-bond acceptors (Lipinski definition) is 4. The van der Waals surface area contributed by atoms with Crippen LogP contribution in [0.5, 0.6) is 5.75 Å². The quantitative estimate of drug-likeness (QED) is 0.802. The Morgan fingerprint density at radius 3 is 2.36 bits per heavy atom. The van der Waals surface area contributed by atoms with Crippen LogP contribution in [0.25, 0.3) is 0 Å². The van der Waals surface area contributed by atoms with Crippen molar-refractivity contribution in [3.63, 3.8) is 0 Å². The Hall–Kier alpha value is -1.74. The molecule has 0 unspecified atom stereocenters. The number of carbonyl (C=O) groups excluding carboxylic acids is 1. The zero-order chi connectivity index (χ0) is 16.3. The van der Waals surface area contributed by atoms with Crippen molar-refractivity contribution in [2.24, 2.45) is 0 Å². The second-order valence-electron chi connectivity index (χ2n) is 4.91. The molecule has 0 aromatic heterocycles. The summed E-state index contributed by atoms with van der Waals surface area (Å²) in [4.78, 5) is 13.4. The average molecular weight is 334 g/mol. The molecule has 0 spiro atoms. The number of benzene rings is 1. The van der Waals surface area contributed by atoms with Crippen molar-refractivity contribution in [2.75, 3.05) is 39.0 Å². The van der Waals surface area contributed by atoms with E-state index in [2.05, 4.69) is 0 Å². The first kappa shape index (κ1) is 16.6. The lowest BCUT2D eigenvalue weighted by Crippen LogP contribution is -2.51. The Morgan fingerprint density at radius 1 is 1.18 bits per heavy atom. The topological polar surface area (TPSA) is 66.9 Å². The summed E-state index contributed by atoms with van der Waals surface area (Å²) in [6.45, 7) is 0.690. The monoisotopic (exact) mass is 334 g/mol. The highest BCUT2D eigenvalue weighted by atomic mass is 32.2. The Morgan fingerprint density at radius 2 is 1.82 bits per heavy atom. The van der Waals surface area contributed by atoms with Crippen molar-refractivity contribution in [1.29, 1.82) is 0 Å². The van der Waals surface area contributed by atoms with Gasteiger partial charge in [-0.3, -0.25) is 4.79 Å². The standard InChI is InChI=1S/C13H16F2N2O4S/c1-22(19,20)17-6-4-16(5-7-17)13(18)9-21-10-2-3-11(14)12(15)8-10/h2-3,8H,4-7,9H2,1H3. The van der Waals surface area contributed by atoms with Crippen molar-refractivity contribution in [3.8, 4) is 5.75 Å². The molecule has 122 valence electrons. The van der Waals surface area contributed by atoms with Gasteiger partial charge in [-0.25, -0.2) is 17.2 Å². The van der Waals surface area contributed by atoms with Crippen molar-refractivity contribution in [2.45, 2.75) is 0 Å². The number of hydrogen-bond donors (Lipinski definition) is 0. The first-order valence-corrected chi connectivity index (χ1v) is 8.43. The van der Waals surface area contributed by atoms with Gasteiger partial charge in [0.05, 0.1) is 6.26 Å². The smallest absolute Gasteiger partial charge is 0.260 e. The Bertz CT molecular complexity index is 658. The molecular weight excluding hydrogens is 318 g/mol. The van der Waals surface area contributed by atoms with Crippen molar-refractivity contribution >= 4 is 15.9 Å². The van der Waals surface area contributed by atoms with Gasteiger partial charge in [-0.05, 0) is 12.1 Å². The Labute approximate surface area is 127 Å². The summed E-state index contributed by atoms with van der Waals surface area (Å²) in [6.07, 6.45) is 1.12. The molecule has 1 aliphatic heterocycles. The molecule has 1 aromatic carbocycles. The number of halogens is 2. The Kier molecular flexibility index (Phi) is 4.97. The third kappa shape index (κ3) is 4.14. The van der Waals surface area contributed by atoms with Crippen LogP contribution in [0.1, 0.15) is 0 Å². The molecular formula is C13H16F2N2O4S. The van der Waals surface area contributed by atoms with Gasteiger partial charge in [0.2, 0.25) is 10.0 Å². The molecule has 0 N–H and O–H groups in total. The van der Waals surface area contributed by atoms with Gasteiger partial charge in [0.25, 0.3) is 5.91 Å². The van der Waals surface area contributed by atoms with Crippen LogP contribution in [-0.2, 0) is 14.8 Å². The predicted octanol–water partition coefficient (Wildman–Crippen LogP) is 0.447. The number of nitrogens with zero attached hydrogens (tertiary/aromatic N) is 2. The minimum Gasteiger partial charge on any atom is -0.484 e. The summed E-state index contributed by atoms with van der Waals surface area (Å²) in [5.74, 6) is -2.32. The largest absolute Gasteiger partial charge is 0.484 e. The highest BCUT2D eigenvalue weighted by Gasteiger charge is 2.26. The maximum absolute atomic E-state index is 13.0. The molecule has 0 radical (unpaired) electrons. The number of sulfonamides is 1. The molecule has 1 fully saturated rings. The van der Waals surface area contributed by atoms with Gasteiger partial charge < -0.3 is 9.64 Å². The fourth-order valence-corrected chi connectivity index (χ4v) is 2.90. The van der Waals surface area contributed by atoms with Gasteiger partial charge in [0, 0.05) is 32.2 Å².